The van der Waals surface area contributed by atoms with E-state index < -0.39 is 0 Å². The zero-order valence-corrected chi connectivity index (χ0v) is 17.1. The molecule has 0 unspecified atom stereocenters. The van der Waals surface area contributed by atoms with Gasteiger partial charge in [0, 0.05) is 36.1 Å². The van der Waals surface area contributed by atoms with Crippen LogP contribution in [0.1, 0.15) is 22.8 Å². The van der Waals surface area contributed by atoms with Gasteiger partial charge in [-0.2, -0.15) is 0 Å². The van der Waals surface area contributed by atoms with Crippen molar-refractivity contribution in [3.63, 3.8) is 0 Å². The Morgan fingerprint density at radius 2 is 1.42 bits per heavy atom. The topological polar surface area (TPSA) is 99.3 Å². The van der Waals surface area contributed by atoms with E-state index in [0.29, 0.717) is 29.2 Å². The Balaban J connectivity index is 1.49. The van der Waals surface area contributed by atoms with E-state index in [1.165, 1.54) is 6.92 Å². The lowest BCUT2D eigenvalue weighted by atomic mass is 10.1. The molecule has 0 heterocycles. The van der Waals surface area contributed by atoms with Crippen LogP contribution in [0, 0.1) is 0 Å². The van der Waals surface area contributed by atoms with Crippen molar-refractivity contribution in [1.82, 2.24) is 5.32 Å². The van der Waals surface area contributed by atoms with Crippen LogP contribution in [0.5, 0.6) is 0 Å². The van der Waals surface area contributed by atoms with E-state index in [1.54, 1.807) is 48.5 Å². The lowest BCUT2D eigenvalue weighted by Crippen LogP contribution is -2.23. The van der Waals surface area contributed by atoms with Crippen molar-refractivity contribution in [2.24, 2.45) is 0 Å². The molecule has 0 saturated carbocycles. The van der Waals surface area contributed by atoms with Crippen molar-refractivity contribution in [2.45, 2.75) is 13.5 Å². The van der Waals surface area contributed by atoms with Crippen LogP contribution >= 0.6 is 0 Å². The number of carbonyl (C=O) groups is 3. The Bertz CT molecular complexity index is 1050. The molecule has 7 heteroatoms. The van der Waals surface area contributed by atoms with Gasteiger partial charge in [-0.1, -0.05) is 36.4 Å². The molecule has 0 spiro atoms. The van der Waals surface area contributed by atoms with Crippen LogP contribution in [0.25, 0.3) is 0 Å². The SMILES string of the molecule is CC(=O)Nc1ccc(NC(=O)CNc2cccc(C(=O)NCc3ccccc3)c2)cc1. The summed E-state index contributed by atoms with van der Waals surface area (Å²) in [5.74, 6) is -0.570. The van der Waals surface area contributed by atoms with E-state index in [4.69, 9.17) is 0 Å². The molecule has 0 aliphatic rings. The third-order valence-electron chi connectivity index (χ3n) is 4.36. The standard InChI is InChI=1S/C24H24N4O3/c1-17(29)27-20-10-12-21(13-11-20)28-23(30)16-25-22-9-5-8-19(14-22)24(31)26-15-18-6-3-2-4-7-18/h2-14,25H,15-16H2,1H3,(H,26,31)(H,27,29)(H,28,30). The zero-order valence-electron chi connectivity index (χ0n) is 17.1. The molecule has 3 aromatic rings. The summed E-state index contributed by atoms with van der Waals surface area (Å²) in [5, 5.41) is 11.3. The average molecular weight is 416 g/mol. The van der Waals surface area contributed by atoms with Gasteiger partial charge in [-0.25, -0.2) is 0 Å². The second-order valence-corrected chi connectivity index (χ2v) is 6.91. The van der Waals surface area contributed by atoms with E-state index in [2.05, 4.69) is 21.3 Å². The summed E-state index contributed by atoms with van der Waals surface area (Å²) in [6.45, 7) is 1.92. The van der Waals surface area contributed by atoms with E-state index >= 15 is 0 Å². The molecule has 0 bridgehead atoms. The minimum atomic E-state index is -0.230. The fourth-order valence-corrected chi connectivity index (χ4v) is 2.88. The normalized spacial score (nSPS) is 10.1. The summed E-state index contributed by atoms with van der Waals surface area (Å²) >= 11 is 0. The number of benzene rings is 3. The molecular weight excluding hydrogens is 392 g/mol. The highest BCUT2D eigenvalue weighted by atomic mass is 16.2. The molecule has 31 heavy (non-hydrogen) atoms. The molecule has 0 saturated heterocycles. The molecule has 3 rings (SSSR count). The molecule has 7 nitrogen and oxygen atoms in total. The number of hydrogen-bond acceptors (Lipinski definition) is 4. The van der Waals surface area contributed by atoms with Crippen molar-refractivity contribution in [3.8, 4) is 0 Å². The lowest BCUT2D eigenvalue weighted by molar-refractivity contribution is -0.115. The van der Waals surface area contributed by atoms with Crippen molar-refractivity contribution < 1.29 is 14.4 Å². The smallest absolute Gasteiger partial charge is 0.251 e. The van der Waals surface area contributed by atoms with E-state index in [-0.39, 0.29) is 24.3 Å². The van der Waals surface area contributed by atoms with E-state index in [9.17, 15) is 14.4 Å². The molecule has 0 atom stereocenters. The van der Waals surface area contributed by atoms with E-state index in [0.717, 1.165) is 5.56 Å². The highest BCUT2D eigenvalue weighted by molar-refractivity contribution is 5.96. The average Bonchev–Trinajstić information content (AvgIpc) is 2.78. The first-order valence-corrected chi connectivity index (χ1v) is 9.83. The van der Waals surface area contributed by atoms with Gasteiger partial charge in [-0.05, 0) is 48.0 Å². The van der Waals surface area contributed by atoms with Gasteiger partial charge in [-0.15, -0.1) is 0 Å². The first-order chi connectivity index (χ1) is 15.0. The maximum Gasteiger partial charge on any atom is 0.251 e. The van der Waals surface area contributed by atoms with Gasteiger partial charge in [0.15, 0.2) is 0 Å². The van der Waals surface area contributed by atoms with Gasteiger partial charge < -0.3 is 21.3 Å². The first kappa shape index (κ1) is 21.6. The summed E-state index contributed by atoms with van der Waals surface area (Å²) in [6, 6.07) is 23.5. The lowest BCUT2D eigenvalue weighted by Gasteiger charge is -2.10. The Morgan fingerprint density at radius 3 is 2.10 bits per heavy atom. The molecule has 3 amide bonds. The summed E-state index contributed by atoms with van der Waals surface area (Å²) in [5.41, 5.74) is 3.48. The Hall–Kier alpha value is -4.13. The number of amides is 3. The molecule has 0 radical (unpaired) electrons. The number of carbonyl (C=O) groups excluding carboxylic acids is 3. The molecule has 3 aromatic carbocycles. The highest BCUT2D eigenvalue weighted by Gasteiger charge is 2.08. The van der Waals surface area contributed by atoms with Gasteiger partial charge in [0.2, 0.25) is 11.8 Å². The van der Waals surface area contributed by atoms with Gasteiger partial charge in [0.25, 0.3) is 5.91 Å². The number of nitrogens with one attached hydrogen (secondary N) is 4. The maximum atomic E-state index is 12.4. The van der Waals surface area contributed by atoms with Gasteiger partial charge in [-0.3, -0.25) is 14.4 Å². The van der Waals surface area contributed by atoms with Crippen LogP contribution in [0.15, 0.2) is 78.9 Å². The fraction of sp³-hybridized carbons (Fsp3) is 0.125. The van der Waals surface area contributed by atoms with Crippen molar-refractivity contribution >= 4 is 34.8 Å². The molecule has 158 valence electrons. The Morgan fingerprint density at radius 1 is 0.742 bits per heavy atom. The predicted octanol–water partition coefficient (Wildman–Crippen LogP) is 3.63. The molecular formula is C24H24N4O3. The summed E-state index contributed by atoms with van der Waals surface area (Å²) in [6.07, 6.45) is 0. The Labute approximate surface area is 180 Å². The number of hydrogen-bond donors (Lipinski definition) is 4. The predicted molar refractivity (Wildman–Crippen MR) is 122 cm³/mol. The minimum absolute atomic E-state index is 0.0442. The van der Waals surface area contributed by atoms with Crippen molar-refractivity contribution in [1.29, 1.82) is 0 Å². The van der Waals surface area contributed by atoms with Gasteiger partial charge in [0.1, 0.15) is 0 Å². The van der Waals surface area contributed by atoms with Crippen LogP contribution < -0.4 is 21.3 Å². The zero-order chi connectivity index (χ0) is 22.1. The Kier molecular flexibility index (Phi) is 7.37. The summed E-state index contributed by atoms with van der Waals surface area (Å²) in [4.78, 5) is 35.7. The molecule has 0 aromatic heterocycles. The molecule has 0 fully saturated rings. The monoisotopic (exact) mass is 416 g/mol. The fourth-order valence-electron chi connectivity index (χ4n) is 2.88. The van der Waals surface area contributed by atoms with Crippen LogP contribution in [0.4, 0.5) is 17.1 Å². The van der Waals surface area contributed by atoms with Crippen molar-refractivity contribution in [3.05, 3.63) is 90.0 Å². The second kappa shape index (κ2) is 10.6. The molecule has 0 aliphatic carbocycles. The van der Waals surface area contributed by atoms with Crippen LogP contribution in [-0.4, -0.2) is 24.3 Å². The van der Waals surface area contributed by atoms with Crippen LogP contribution in [0.3, 0.4) is 0 Å². The van der Waals surface area contributed by atoms with Crippen molar-refractivity contribution in [2.75, 3.05) is 22.5 Å². The van der Waals surface area contributed by atoms with Gasteiger partial charge in [0.05, 0.1) is 6.54 Å². The third kappa shape index (κ3) is 7.01. The second-order valence-electron chi connectivity index (χ2n) is 6.91. The molecule has 4 N–H and O–H groups in total. The van der Waals surface area contributed by atoms with Gasteiger partial charge >= 0.3 is 0 Å². The number of anilines is 3. The summed E-state index contributed by atoms with van der Waals surface area (Å²) < 4.78 is 0. The first-order valence-electron chi connectivity index (χ1n) is 9.83. The highest BCUT2D eigenvalue weighted by Crippen LogP contribution is 2.14. The largest absolute Gasteiger partial charge is 0.376 e. The molecule has 0 aliphatic heterocycles. The van der Waals surface area contributed by atoms with Crippen LogP contribution in [0.2, 0.25) is 0 Å². The number of rotatable bonds is 8. The quantitative estimate of drug-likeness (QED) is 0.451. The maximum absolute atomic E-state index is 12.4. The van der Waals surface area contributed by atoms with E-state index in [1.807, 2.05) is 30.3 Å². The minimum Gasteiger partial charge on any atom is -0.376 e. The van der Waals surface area contributed by atoms with Crippen LogP contribution in [-0.2, 0) is 16.1 Å². The third-order valence-corrected chi connectivity index (χ3v) is 4.36. The summed E-state index contributed by atoms with van der Waals surface area (Å²) in [7, 11) is 0.